The number of nitrogens with one attached hydrogen (secondary N) is 1. The number of anilines is 1. The molecule has 2 rings (SSSR count). The minimum absolute atomic E-state index is 0.158. The zero-order valence-electron chi connectivity index (χ0n) is 12.8. The monoisotopic (exact) mass is 488 g/mol. The van der Waals surface area contributed by atoms with Gasteiger partial charge in [0, 0.05) is 17.1 Å². The fourth-order valence-electron chi connectivity index (χ4n) is 1.91. The summed E-state index contributed by atoms with van der Waals surface area (Å²) in [5.74, 6) is -1.54. The van der Waals surface area contributed by atoms with Crippen molar-refractivity contribution in [1.82, 2.24) is 5.32 Å². The van der Waals surface area contributed by atoms with Gasteiger partial charge in [0.25, 0.3) is 5.91 Å². The van der Waals surface area contributed by atoms with E-state index >= 15 is 0 Å². The smallest absolute Gasteiger partial charge is 0.406 e. The van der Waals surface area contributed by atoms with Crippen molar-refractivity contribution in [3.05, 3.63) is 24.3 Å². The number of alkyl halides is 5. The first-order valence-electron chi connectivity index (χ1n) is 6.88. The van der Waals surface area contributed by atoms with Crippen molar-refractivity contribution in [2.75, 3.05) is 17.0 Å². The van der Waals surface area contributed by atoms with Gasteiger partial charge in [-0.15, -0.1) is 13.2 Å². The Morgan fingerprint density at radius 1 is 1.48 bits per heavy atom. The summed E-state index contributed by atoms with van der Waals surface area (Å²) < 4.78 is 45.0. The van der Waals surface area contributed by atoms with E-state index in [4.69, 9.17) is 4.74 Å². The molecule has 2 atom stereocenters. The van der Waals surface area contributed by atoms with Crippen molar-refractivity contribution in [1.29, 1.82) is 0 Å². The highest BCUT2D eigenvalue weighted by Crippen LogP contribution is 2.29. The summed E-state index contributed by atoms with van der Waals surface area (Å²) in [7, 11) is 0. The topological polar surface area (TPSA) is 67.9 Å². The second-order valence-corrected chi connectivity index (χ2v) is 7.60. The van der Waals surface area contributed by atoms with E-state index in [0.29, 0.717) is 5.33 Å². The molecule has 1 aliphatic rings. The lowest BCUT2D eigenvalue weighted by Crippen LogP contribution is -2.49. The van der Waals surface area contributed by atoms with Crippen LogP contribution >= 0.6 is 31.9 Å². The van der Waals surface area contributed by atoms with Crippen molar-refractivity contribution in [2.45, 2.75) is 23.8 Å². The van der Waals surface area contributed by atoms with Crippen LogP contribution in [0.4, 0.5) is 18.9 Å². The van der Waals surface area contributed by atoms with Gasteiger partial charge in [0.1, 0.15) is 16.8 Å². The average Bonchev–Trinajstić information content (AvgIpc) is 2.87. The number of halogens is 5. The predicted molar refractivity (Wildman–Crippen MR) is 89.6 cm³/mol. The van der Waals surface area contributed by atoms with Crippen LogP contribution in [0.15, 0.2) is 24.3 Å². The SMILES string of the molecule is CC(Br)(CBr)C(=O)NC1OCN(c2cccc(OC(F)(F)F)c2)C1=O. The molecule has 0 spiro atoms. The highest BCUT2D eigenvalue weighted by Gasteiger charge is 2.39. The van der Waals surface area contributed by atoms with Crippen LogP contribution in [0, 0.1) is 0 Å². The lowest BCUT2D eigenvalue weighted by Gasteiger charge is -2.21. The fraction of sp³-hybridized carbons (Fsp3) is 0.429. The molecular formula is C14H13Br2F3N2O4. The van der Waals surface area contributed by atoms with E-state index in [1.165, 1.54) is 12.1 Å². The molecule has 25 heavy (non-hydrogen) atoms. The number of carbonyl (C=O) groups excluding carboxylic acids is 2. The molecule has 1 fully saturated rings. The maximum absolute atomic E-state index is 12.3. The van der Waals surface area contributed by atoms with Gasteiger partial charge in [0.15, 0.2) is 0 Å². The molecule has 1 aromatic carbocycles. The van der Waals surface area contributed by atoms with Crippen LogP contribution in [0.5, 0.6) is 5.75 Å². The first-order chi connectivity index (χ1) is 11.5. The molecule has 2 amide bonds. The molecular weight excluding hydrogens is 477 g/mol. The largest absolute Gasteiger partial charge is 0.573 e. The first-order valence-corrected chi connectivity index (χ1v) is 8.79. The van der Waals surface area contributed by atoms with E-state index < -0.39 is 34.5 Å². The van der Waals surface area contributed by atoms with Crippen LogP contribution in [-0.2, 0) is 14.3 Å². The van der Waals surface area contributed by atoms with Crippen LogP contribution in [-0.4, -0.2) is 40.8 Å². The Kier molecular flexibility index (Phi) is 6.00. The van der Waals surface area contributed by atoms with Crippen molar-refractivity contribution in [3.63, 3.8) is 0 Å². The highest BCUT2D eigenvalue weighted by molar-refractivity contribution is 9.12. The van der Waals surface area contributed by atoms with Gasteiger partial charge in [-0.3, -0.25) is 14.5 Å². The minimum Gasteiger partial charge on any atom is -0.406 e. The van der Waals surface area contributed by atoms with Gasteiger partial charge in [-0.05, 0) is 19.1 Å². The summed E-state index contributed by atoms with van der Waals surface area (Å²) in [6.45, 7) is 1.39. The van der Waals surface area contributed by atoms with Gasteiger partial charge in [-0.2, -0.15) is 0 Å². The van der Waals surface area contributed by atoms with Crippen LogP contribution in [0.2, 0.25) is 0 Å². The summed E-state index contributed by atoms with van der Waals surface area (Å²) in [6.07, 6.45) is -6.06. The molecule has 0 saturated carbocycles. The van der Waals surface area contributed by atoms with E-state index in [1.807, 2.05) is 0 Å². The average molecular weight is 490 g/mol. The number of hydrogen-bond donors (Lipinski definition) is 1. The number of benzene rings is 1. The van der Waals surface area contributed by atoms with Gasteiger partial charge in [0.2, 0.25) is 12.1 Å². The van der Waals surface area contributed by atoms with E-state index in [0.717, 1.165) is 17.0 Å². The normalized spacial score (nSPS) is 20.3. The standard InChI is InChI=1S/C14H13Br2F3N2O4/c1-13(16,6-15)12(23)20-10-11(22)21(7-24-10)8-3-2-4-9(5-8)25-14(17,18)19/h2-5,10H,6-7H2,1H3,(H,20,23). The summed E-state index contributed by atoms with van der Waals surface area (Å²) in [6, 6.07) is 4.92. The molecule has 2 unspecified atom stereocenters. The molecule has 0 aliphatic carbocycles. The van der Waals surface area contributed by atoms with E-state index in [-0.39, 0.29) is 12.4 Å². The molecule has 1 heterocycles. The Balaban J connectivity index is 2.09. The van der Waals surface area contributed by atoms with Gasteiger partial charge in [0.05, 0.1) is 0 Å². The van der Waals surface area contributed by atoms with Crippen LogP contribution in [0.3, 0.4) is 0 Å². The lowest BCUT2D eigenvalue weighted by atomic mass is 10.2. The number of nitrogens with zero attached hydrogens (tertiary/aromatic N) is 1. The number of ether oxygens (including phenoxy) is 2. The quantitative estimate of drug-likeness (QED) is 0.646. The summed E-state index contributed by atoms with van der Waals surface area (Å²) >= 11 is 6.38. The van der Waals surface area contributed by atoms with Crippen LogP contribution in [0.25, 0.3) is 0 Å². The van der Waals surface area contributed by atoms with Crippen molar-refractivity contribution in [3.8, 4) is 5.75 Å². The third-order valence-electron chi connectivity index (χ3n) is 3.21. The highest BCUT2D eigenvalue weighted by atomic mass is 79.9. The van der Waals surface area contributed by atoms with Gasteiger partial charge in [-0.25, -0.2) is 0 Å². The Bertz CT molecular complexity index is 670. The third-order valence-corrected chi connectivity index (χ3v) is 5.72. The molecule has 11 heteroatoms. The second-order valence-electron chi connectivity index (χ2n) is 5.29. The van der Waals surface area contributed by atoms with Gasteiger partial charge in [-0.1, -0.05) is 37.9 Å². The molecule has 1 N–H and O–H groups in total. The summed E-state index contributed by atoms with van der Waals surface area (Å²) in [4.78, 5) is 25.5. The van der Waals surface area contributed by atoms with Gasteiger partial charge < -0.3 is 14.8 Å². The van der Waals surface area contributed by atoms with E-state index in [2.05, 4.69) is 41.9 Å². The number of carbonyl (C=O) groups is 2. The van der Waals surface area contributed by atoms with Crippen molar-refractivity contribution in [2.24, 2.45) is 0 Å². The molecule has 6 nitrogen and oxygen atoms in total. The fourth-order valence-corrected chi connectivity index (χ4v) is 2.28. The van der Waals surface area contributed by atoms with E-state index in [1.54, 1.807) is 6.92 Å². The Hall–Kier alpha value is -1.33. The molecule has 1 aromatic rings. The number of hydrogen-bond acceptors (Lipinski definition) is 4. The van der Waals surface area contributed by atoms with Crippen LogP contribution < -0.4 is 15.0 Å². The van der Waals surface area contributed by atoms with Crippen molar-refractivity contribution < 1.29 is 32.2 Å². The first kappa shape index (κ1) is 20.0. The molecule has 1 aliphatic heterocycles. The Morgan fingerprint density at radius 3 is 2.76 bits per heavy atom. The summed E-state index contributed by atoms with van der Waals surface area (Å²) in [5.41, 5.74) is 0.158. The predicted octanol–water partition coefficient (Wildman–Crippen LogP) is 2.90. The van der Waals surface area contributed by atoms with E-state index in [9.17, 15) is 22.8 Å². The minimum atomic E-state index is -4.84. The van der Waals surface area contributed by atoms with Crippen LogP contribution in [0.1, 0.15) is 6.92 Å². The maximum Gasteiger partial charge on any atom is 0.573 e. The number of amides is 2. The zero-order chi connectivity index (χ0) is 18.8. The zero-order valence-corrected chi connectivity index (χ0v) is 15.9. The third kappa shape index (κ3) is 5.08. The summed E-state index contributed by atoms with van der Waals surface area (Å²) in [5, 5.41) is 2.73. The molecule has 1 saturated heterocycles. The Morgan fingerprint density at radius 2 is 2.16 bits per heavy atom. The maximum atomic E-state index is 12.3. The molecule has 138 valence electrons. The lowest BCUT2D eigenvalue weighted by molar-refractivity contribution is -0.274. The second kappa shape index (κ2) is 7.50. The molecule has 0 bridgehead atoms. The molecule has 0 radical (unpaired) electrons. The Labute approximate surface area is 157 Å². The number of rotatable bonds is 5. The van der Waals surface area contributed by atoms with Gasteiger partial charge >= 0.3 is 6.36 Å². The molecule has 0 aromatic heterocycles. The van der Waals surface area contributed by atoms with Crippen molar-refractivity contribution >= 4 is 49.4 Å².